The van der Waals surface area contributed by atoms with Gasteiger partial charge in [-0.25, -0.2) is 4.98 Å². The van der Waals surface area contributed by atoms with E-state index in [9.17, 15) is 0 Å². The lowest BCUT2D eigenvalue weighted by atomic mass is 10.2. The van der Waals surface area contributed by atoms with Gasteiger partial charge in [0.2, 0.25) is 0 Å². The summed E-state index contributed by atoms with van der Waals surface area (Å²) in [5, 5.41) is 6.30. The number of hydrogen-bond acceptors (Lipinski definition) is 5. The third kappa shape index (κ3) is 3.51. The number of nitrogens with zero attached hydrogens (tertiary/aromatic N) is 3. The highest BCUT2D eigenvalue weighted by atomic mass is 32.1. The lowest BCUT2D eigenvalue weighted by Gasteiger charge is -2.15. The van der Waals surface area contributed by atoms with Crippen molar-refractivity contribution in [3.63, 3.8) is 0 Å². The topological polar surface area (TPSA) is 41.0 Å². The summed E-state index contributed by atoms with van der Waals surface area (Å²) in [6.07, 6.45) is 4.69. The van der Waals surface area contributed by atoms with Crippen molar-refractivity contribution in [2.24, 2.45) is 0 Å². The average Bonchev–Trinajstić information content (AvgIpc) is 2.86. The Morgan fingerprint density at radius 1 is 1.33 bits per heavy atom. The first-order valence-electron chi connectivity index (χ1n) is 5.98. The van der Waals surface area contributed by atoms with Gasteiger partial charge in [-0.3, -0.25) is 4.98 Å². The second-order valence-corrected chi connectivity index (χ2v) is 5.02. The molecule has 2 aromatic heterocycles. The smallest absolute Gasteiger partial charge is 0.185 e. The number of thiazole rings is 1. The van der Waals surface area contributed by atoms with E-state index in [1.807, 2.05) is 19.4 Å². The number of hydrogen-bond donors (Lipinski definition) is 1. The zero-order chi connectivity index (χ0) is 12.8. The fraction of sp³-hybridized carbons (Fsp3) is 0.385. The highest BCUT2D eigenvalue weighted by Crippen LogP contribution is 2.19. The third-order valence-electron chi connectivity index (χ3n) is 2.71. The van der Waals surface area contributed by atoms with Gasteiger partial charge in [0.05, 0.1) is 5.69 Å². The Morgan fingerprint density at radius 3 is 2.83 bits per heavy atom. The minimum Gasteiger partial charge on any atom is -0.351 e. The first kappa shape index (κ1) is 13.0. The van der Waals surface area contributed by atoms with Gasteiger partial charge in [0.25, 0.3) is 0 Å². The molecule has 0 aromatic carbocycles. The molecule has 96 valence electrons. The number of aromatic nitrogens is 2. The van der Waals surface area contributed by atoms with Crippen molar-refractivity contribution in [3.05, 3.63) is 41.2 Å². The number of nitrogens with one attached hydrogen (secondary N) is 1. The van der Waals surface area contributed by atoms with Crippen molar-refractivity contribution in [1.29, 1.82) is 0 Å². The first-order chi connectivity index (χ1) is 8.79. The summed E-state index contributed by atoms with van der Waals surface area (Å²) in [5.41, 5.74) is 2.41. The van der Waals surface area contributed by atoms with Crippen molar-refractivity contribution in [1.82, 2.24) is 15.3 Å². The lowest BCUT2D eigenvalue weighted by Crippen LogP contribution is -2.20. The van der Waals surface area contributed by atoms with E-state index in [1.165, 1.54) is 5.56 Å². The van der Waals surface area contributed by atoms with Crippen LogP contribution < -0.4 is 10.2 Å². The Morgan fingerprint density at radius 2 is 2.11 bits per heavy atom. The standard InChI is InChI=1S/C13H18N4S/c1-14-9-12-10-18-13(16-12)17(2)8-5-11-3-6-15-7-4-11/h3-4,6-7,10,14H,5,8-9H2,1-2H3. The highest BCUT2D eigenvalue weighted by molar-refractivity contribution is 7.13. The van der Waals surface area contributed by atoms with E-state index in [-0.39, 0.29) is 0 Å². The molecular formula is C13H18N4S. The number of pyridine rings is 1. The minimum absolute atomic E-state index is 0.828. The molecule has 0 atom stereocenters. The van der Waals surface area contributed by atoms with Crippen molar-refractivity contribution in [3.8, 4) is 0 Å². The van der Waals surface area contributed by atoms with Crippen molar-refractivity contribution >= 4 is 16.5 Å². The molecule has 5 heteroatoms. The number of rotatable bonds is 6. The summed E-state index contributed by atoms with van der Waals surface area (Å²) in [6.45, 7) is 1.80. The zero-order valence-corrected chi connectivity index (χ0v) is 11.6. The van der Waals surface area contributed by atoms with Gasteiger partial charge in [-0.1, -0.05) is 0 Å². The van der Waals surface area contributed by atoms with Gasteiger partial charge >= 0.3 is 0 Å². The van der Waals surface area contributed by atoms with E-state index in [1.54, 1.807) is 11.3 Å². The Kier molecular flexibility index (Phi) is 4.66. The van der Waals surface area contributed by atoms with E-state index in [0.717, 1.165) is 30.3 Å². The van der Waals surface area contributed by atoms with Crippen molar-refractivity contribution in [2.75, 3.05) is 25.5 Å². The summed E-state index contributed by atoms with van der Waals surface area (Å²) in [6, 6.07) is 4.12. The maximum atomic E-state index is 4.58. The Balaban J connectivity index is 1.89. The van der Waals surface area contributed by atoms with Crippen LogP contribution in [-0.2, 0) is 13.0 Å². The molecule has 2 aromatic rings. The molecule has 18 heavy (non-hydrogen) atoms. The summed E-state index contributed by atoms with van der Waals surface area (Å²) >= 11 is 1.70. The van der Waals surface area contributed by atoms with Gasteiger partial charge in [-0.15, -0.1) is 11.3 Å². The third-order valence-corrected chi connectivity index (χ3v) is 3.71. The van der Waals surface area contributed by atoms with Crippen LogP contribution in [0.25, 0.3) is 0 Å². The van der Waals surface area contributed by atoms with Gasteiger partial charge in [-0.05, 0) is 31.2 Å². The van der Waals surface area contributed by atoms with Crippen LogP contribution in [0.5, 0.6) is 0 Å². The van der Waals surface area contributed by atoms with Crippen LogP contribution in [0.4, 0.5) is 5.13 Å². The quantitative estimate of drug-likeness (QED) is 0.864. The molecule has 0 fully saturated rings. The summed E-state index contributed by atoms with van der Waals surface area (Å²) in [7, 11) is 4.02. The van der Waals surface area contributed by atoms with E-state index < -0.39 is 0 Å². The molecule has 2 rings (SSSR count). The van der Waals surface area contributed by atoms with Gasteiger partial charge < -0.3 is 10.2 Å². The molecule has 0 amide bonds. The predicted molar refractivity (Wildman–Crippen MR) is 76.1 cm³/mol. The van der Waals surface area contributed by atoms with Gasteiger partial charge in [0.1, 0.15) is 0 Å². The molecule has 0 aliphatic carbocycles. The molecule has 2 heterocycles. The van der Waals surface area contributed by atoms with Gasteiger partial charge in [-0.2, -0.15) is 0 Å². The molecule has 0 aliphatic rings. The van der Waals surface area contributed by atoms with Crippen LogP contribution in [0, 0.1) is 0 Å². The maximum Gasteiger partial charge on any atom is 0.185 e. The summed E-state index contributed by atoms with van der Waals surface area (Å²) in [4.78, 5) is 10.8. The van der Waals surface area contributed by atoms with Crippen molar-refractivity contribution < 1.29 is 0 Å². The fourth-order valence-corrected chi connectivity index (χ4v) is 2.49. The average molecular weight is 262 g/mol. The molecule has 0 unspecified atom stereocenters. The van der Waals surface area contributed by atoms with E-state index in [0.29, 0.717) is 0 Å². The number of likely N-dealkylation sites (N-methyl/N-ethyl adjacent to an activating group) is 1. The zero-order valence-electron chi connectivity index (χ0n) is 10.8. The van der Waals surface area contributed by atoms with E-state index in [2.05, 4.69) is 44.7 Å². The SMILES string of the molecule is CNCc1csc(N(C)CCc2ccncc2)n1. The molecule has 0 aliphatic heterocycles. The molecule has 0 saturated carbocycles. The van der Waals surface area contributed by atoms with Gasteiger partial charge in [0.15, 0.2) is 5.13 Å². The molecular weight excluding hydrogens is 244 g/mol. The second-order valence-electron chi connectivity index (χ2n) is 4.18. The Bertz CT molecular complexity index is 469. The van der Waals surface area contributed by atoms with Crippen LogP contribution in [0.2, 0.25) is 0 Å². The minimum atomic E-state index is 0.828. The molecule has 1 N–H and O–H groups in total. The first-order valence-corrected chi connectivity index (χ1v) is 6.86. The fourth-order valence-electron chi connectivity index (χ4n) is 1.68. The summed E-state index contributed by atoms with van der Waals surface area (Å²) in [5.74, 6) is 0. The summed E-state index contributed by atoms with van der Waals surface area (Å²) < 4.78 is 0. The van der Waals surface area contributed by atoms with Crippen LogP contribution in [-0.4, -0.2) is 30.6 Å². The van der Waals surface area contributed by atoms with Gasteiger partial charge in [0, 0.05) is 37.9 Å². The van der Waals surface area contributed by atoms with Crippen molar-refractivity contribution in [2.45, 2.75) is 13.0 Å². The van der Waals surface area contributed by atoms with Crippen LogP contribution in [0.15, 0.2) is 29.9 Å². The molecule has 0 spiro atoms. The largest absolute Gasteiger partial charge is 0.351 e. The molecule has 4 nitrogen and oxygen atoms in total. The molecule has 0 radical (unpaired) electrons. The highest BCUT2D eigenvalue weighted by Gasteiger charge is 2.06. The molecule has 0 saturated heterocycles. The number of anilines is 1. The predicted octanol–water partition coefficient (Wildman–Crippen LogP) is 1.94. The maximum absolute atomic E-state index is 4.58. The van der Waals surface area contributed by atoms with Crippen LogP contribution in [0.3, 0.4) is 0 Å². The Hall–Kier alpha value is -1.46. The lowest BCUT2D eigenvalue weighted by molar-refractivity contribution is 0.791. The monoisotopic (exact) mass is 262 g/mol. The Labute approximate surface area is 112 Å². The van der Waals surface area contributed by atoms with E-state index in [4.69, 9.17) is 0 Å². The molecule has 0 bridgehead atoms. The second kappa shape index (κ2) is 6.47. The van der Waals surface area contributed by atoms with E-state index >= 15 is 0 Å². The normalized spacial score (nSPS) is 10.6. The van der Waals surface area contributed by atoms with Crippen LogP contribution in [0.1, 0.15) is 11.3 Å². The van der Waals surface area contributed by atoms with Crippen LogP contribution >= 0.6 is 11.3 Å².